The number of aliphatic hydroxyl groups excluding tert-OH is 1. The number of amides is 1. The van der Waals surface area contributed by atoms with Crippen molar-refractivity contribution >= 4 is 33.4 Å². The van der Waals surface area contributed by atoms with E-state index in [1.54, 1.807) is 0 Å². The van der Waals surface area contributed by atoms with Crippen molar-refractivity contribution in [1.82, 2.24) is 0 Å². The van der Waals surface area contributed by atoms with Crippen LogP contribution in [-0.2, 0) is 16.0 Å². The molecule has 0 aliphatic carbocycles. The van der Waals surface area contributed by atoms with Gasteiger partial charge in [-0.25, -0.2) is 4.99 Å². The summed E-state index contributed by atoms with van der Waals surface area (Å²) in [6.07, 6.45) is 1.29. The summed E-state index contributed by atoms with van der Waals surface area (Å²) < 4.78 is 13.1. The van der Waals surface area contributed by atoms with Crippen LogP contribution in [0.1, 0.15) is 42.6 Å². The molecule has 1 N–H and O–H groups in total. The fourth-order valence-corrected chi connectivity index (χ4v) is 5.43. The lowest BCUT2D eigenvalue weighted by molar-refractivity contribution is -0.126. The summed E-state index contributed by atoms with van der Waals surface area (Å²) >= 11 is 3.68. The number of benzene rings is 3. The minimum Gasteiger partial charge on any atom is -0.494 e. The van der Waals surface area contributed by atoms with E-state index in [1.807, 2.05) is 71.6 Å². The third-order valence-corrected chi connectivity index (χ3v) is 7.35. The molecule has 2 heterocycles. The van der Waals surface area contributed by atoms with Gasteiger partial charge in [-0.1, -0.05) is 59.3 Å². The highest BCUT2D eigenvalue weighted by Gasteiger charge is 2.57. The van der Waals surface area contributed by atoms with Crippen molar-refractivity contribution in [2.24, 2.45) is 4.99 Å². The lowest BCUT2D eigenvalue weighted by atomic mass is 9.78. The number of ether oxygens (including phenoxy) is 2. The van der Waals surface area contributed by atoms with E-state index in [0.29, 0.717) is 37.6 Å². The van der Waals surface area contributed by atoms with Gasteiger partial charge in [0.15, 0.2) is 11.6 Å². The maximum absolute atomic E-state index is 14.3. The summed E-state index contributed by atoms with van der Waals surface area (Å²) in [5.74, 6) is 1.12. The van der Waals surface area contributed by atoms with Gasteiger partial charge in [0, 0.05) is 47.3 Å². The Morgan fingerprint density at radius 1 is 1.11 bits per heavy atom. The third-order valence-electron chi connectivity index (χ3n) is 6.63. The van der Waals surface area contributed by atoms with E-state index in [1.165, 1.54) is 0 Å². The smallest absolute Gasteiger partial charge is 0.259 e. The summed E-state index contributed by atoms with van der Waals surface area (Å²) in [4.78, 5) is 21.2. The number of anilines is 1. The van der Waals surface area contributed by atoms with Crippen molar-refractivity contribution < 1.29 is 19.4 Å². The zero-order chi connectivity index (χ0) is 25.1. The molecule has 3 aromatic rings. The van der Waals surface area contributed by atoms with Crippen molar-refractivity contribution in [3.8, 4) is 5.75 Å². The molecule has 2 aliphatic heterocycles. The minimum atomic E-state index is -1.11. The number of nitrogens with zero attached hydrogens (tertiary/aromatic N) is 2. The highest BCUT2D eigenvalue weighted by atomic mass is 79.9. The average Bonchev–Trinajstić information content (AvgIpc) is 3.27. The number of carbonyl (C=O) groups is 1. The number of para-hydroxylation sites is 1. The molecule has 0 aromatic heterocycles. The molecule has 186 valence electrons. The van der Waals surface area contributed by atoms with Gasteiger partial charge in [-0.3, -0.25) is 4.79 Å². The fourth-order valence-electron chi connectivity index (χ4n) is 4.94. The molecule has 3 aromatic carbocycles. The molecule has 1 amide bonds. The number of aliphatic hydroxyl groups is 1. The molecule has 0 fully saturated rings. The topological polar surface area (TPSA) is 71.4 Å². The van der Waals surface area contributed by atoms with Crippen molar-refractivity contribution in [1.29, 1.82) is 0 Å². The Balaban J connectivity index is 1.58. The molecule has 6 nitrogen and oxygen atoms in total. The van der Waals surface area contributed by atoms with Crippen LogP contribution >= 0.6 is 15.9 Å². The monoisotopic (exact) mass is 548 g/mol. The Labute approximate surface area is 219 Å². The van der Waals surface area contributed by atoms with E-state index < -0.39 is 11.6 Å². The van der Waals surface area contributed by atoms with E-state index in [2.05, 4.69) is 28.9 Å². The molecule has 5 rings (SSSR count). The predicted molar refractivity (Wildman–Crippen MR) is 144 cm³/mol. The first-order valence-corrected chi connectivity index (χ1v) is 13.1. The van der Waals surface area contributed by atoms with E-state index in [-0.39, 0.29) is 12.5 Å². The molecule has 7 heteroatoms. The number of hydrogen-bond donors (Lipinski definition) is 1. The molecular formula is C29H29BrN2O4. The van der Waals surface area contributed by atoms with Gasteiger partial charge < -0.3 is 19.5 Å². The van der Waals surface area contributed by atoms with Gasteiger partial charge in [0.05, 0.1) is 6.61 Å². The maximum Gasteiger partial charge on any atom is 0.259 e. The highest BCUT2D eigenvalue weighted by Crippen LogP contribution is 2.49. The Kier molecular flexibility index (Phi) is 7.12. The van der Waals surface area contributed by atoms with Gasteiger partial charge in [0.1, 0.15) is 5.75 Å². The minimum absolute atomic E-state index is 0.0391. The van der Waals surface area contributed by atoms with Crippen LogP contribution in [0, 0.1) is 0 Å². The second kappa shape index (κ2) is 10.4. The Morgan fingerprint density at radius 3 is 2.61 bits per heavy atom. The van der Waals surface area contributed by atoms with Crippen LogP contribution in [-0.4, -0.2) is 42.2 Å². The number of aliphatic imine (C=N–C) groups is 1. The summed E-state index contributed by atoms with van der Waals surface area (Å²) in [7, 11) is 0. The van der Waals surface area contributed by atoms with E-state index in [0.717, 1.165) is 33.3 Å². The molecule has 0 bridgehead atoms. The van der Waals surface area contributed by atoms with Gasteiger partial charge in [-0.05, 0) is 48.4 Å². The highest BCUT2D eigenvalue weighted by molar-refractivity contribution is 9.10. The van der Waals surface area contributed by atoms with Gasteiger partial charge in [0.25, 0.3) is 5.91 Å². The summed E-state index contributed by atoms with van der Waals surface area (Å²) in [5, 5.41) is 8.98. The Bertz CT molecular complexity index is 1280. The number of halogens is 1. The zero-order valence-corrected chi connectivity index (χ0v) is 21.8. The van der Waals surface area contributed by atoms with E-state index in [9.17, 15) is 4.79 Å². The van der Waals surface area contributed by atoms with Gasteiger partial charge in [-0.15, -0.1) is 0 Å². The first-order valence-electron chi connectivity index (χ1n) is 12.3. The first kappa shape index (κ1) is 24.5. The molecule has 0 unspecified atom stereocenters. The second-order valence-corrected chi connectivity index (χ2v) is 9.93. The zero-order valence-electron chi connectivity index (χ0n) is 20.2. The number of carbonyl (C=O) groups excluding carboxylic acids is 1. The molecule has 2 atom stereocenters. The number of rotatable bonds is 8. The summed E-state index contributed by atoms with van der Waals surface area (Å²) in [6.45, 7) is 3.23. The molecular weight excluding hydrogens is 520 g/mol. The maximum atomic E-state index is 14.3. The normalized spacial score (nSPS) is 20.8. The molecule has 36 heavy (non-hydrogen) atoms. The molecule has 2 aliphatic rings. The second-order valence-electron chi connectivity index (χ2n) is 9.07. The molecule has 0 radical (unpaired) electrons. The van der Waals surface area contributed by atoms with E-state index >= 15 is 0 Å². The molecule has 0 saturated carbocycles. The van der Waals surface area contributed by atoms with Crippen LogP contribution < -0.4 is 9.64 Å². The van der Waals surface area contributed by atoms with Crippen LogP contribution in [0.2, 0.25) is 0 Å². The van der Waals surface area contributed by atoms with Crippen molar-refractivity contribution in [2.45, 2.75) is 37.8 Å². The first-order chi connectivity index (χ1) is 17.6. The number of hydrogen-bond acceptors (Lipinski definition) is 5. The Morgan fingerprint density at radius 2 is 1.86 bits per heavy atom. The van der Waals surface area contributed by atoms with Crippen molar-refractivity contribution in [2.75, 3.05) is 24.7 Å². The van der Waals surface area contributed by atoms with Crippen LogP contribution in [0.15, 0.2) is 82.3 Å². The quantitative estimate of drug-likeness (QED) is 0.379. The largest absolute Gasteiger partial charge is 0.494 e. The third kappa shape index (κ3) is 4.42. The standard InChI is InChI=1S/C29H29BrN2O4/c1-2-16-32-25-11-6-3-8-21(25)19-29(28(32)34)26(23-9-4-5-10-24(23)30)36-27(31-29)20-12-14-22(15-13-20)35-18-7-17-33/h3-6,8-15,26,33H,2,7,16-19H2,1H3/t26-,29-/m0/s1. The Hall–Kier alpha value is -3.16. The molecule has 1 spiro atoms. The molecule has 0 saturated heterocycles. The summed E-state index contributed by atoms with van der Waals surface area (Å²) in [5.41, 5.74) is 2.60. The lowest BCUT2D eigenvalue weighted by Gasteiger charge is -2.41. The van der Waals surface area contributed by atoms with Gasteiger partial charge >= 0.3 is 0 Å². The van der Waals surface area contributed by atoms with E-state index in [4.69, 9.17) is 19.6 Å². The predicted octanol–water partition coefficient (Wildman–Crippen LogP) is 5.47. The van der Waals surface area contributed by atoms with Crippen molar-refractivity contribution in [3.63, 3.8) is 0 Å². The van der Waals surface area contributed by atoms with Crippen LogP contribution in [0.3, 0.4) is 0 Å². The van der Waals surface area contributed by atoms with Crippen LogP contribution in [0.5, 0.6) is 5.75 Å². The van der Waals surface area contributed by atoms with Crippen molar-refractivity contribution in [3.05, 3.63) is 94.0 Å². The fraction of sp³-hybridized carbons (Fsp3) is 0.310. The SMILES string of the molecule is CCCN1C(=O)[C@@]2(Cc3ccccc31)N=C(c1ccc(OCCCO)cc1)O[C@H]2c1ccccc1Br. The summed E-state index contributed by atoms with van der Waals surface area (Å²) in [6, 6.07) is 23.5. The van der Waals surface area contributed by atoms with Gasteiger partial charge in [-0.2, -0.15) is 0 Å². The lowest BCUT2D eigenvalue weighted by Crippen LogP contribution is -2.55. The van der Waals surface area contributed by atoms with Crippen LogP contribution in [0.25, 0.3) is 0 Å². The number of fused-ring (bicyclic) bond motifs is 1. The van der Waals surface area contributed by atoms with Crippen LogP contribution in [0.4, 0.5) is 5.69 Å². The van der Waals surface area contributed by atoms with Gasteiger partial charge in [0.2, 0.25) is 5.90 Å². The average molecular weight is 549 g/mol.